The van der Waals surface area contributed by atoms with Gasteiger partial charge in [-0.15, -0.1) is 0 Å². The van der Waals surface area contributed by atoms with Crippen LogP contribution in [0.1, 0.15) is 22.3 Å². The van der Waals surface area contributed by atoms with Gasteiger partial charge in [0.1, 0.15) is 11.5 Å². The van der Waals surface area contributed by atoms with E-state index in [4.69, 9.17) is 4.74 Å². The van der Waals surface area contributed by atoms with Gasteiger partial charge in [0.2, 0.25) is 0 Å². The van der Waals surface area contributed by atoms with Crippen LogP contribution in [0, 0.1) is 0 Å². The second kappa shape index (κ2) is 10.9. The average molecular weight is 709 g/mol. The summed E-state index contributed by atoms with van der Waals surface area (Å²) in [5, 5.41) is 7.46. The van der Waals surface area contributed by atoms with E-state index in [0.29, 0.717) is 0 Å². The van der Waals surface area contributed by atoms with Crippen LogP contribution >= 0.6 is 0 Å². The third-order valence-electron chi connectivity index (χ3n) is 12.9. The molecule has 0 radical (unpaired) electrons. The molecule has 0 saturated heterocycles. The quantitative estimate of drug-likeness (QED) is 0.174. The fourth-order valence-corrected chi connectivity index (χ4v) is 10.6. The van der Waals surface area contributed by atoms with Gasteiger partial charge in [0.05, 0.1) is 5.41 Å². The van der Waals surface area contributed by atoms with Gasteiger partial charge in [0.25, 0.3) is 0 Å². The molecule has 1 spiro atoms. The van der Waals surface area contributed by atoms with Crippen LogP contribution in [0.3, 0.4) is 0 Å². The molecule has 0 bridgehead atoms. The molecule has 0 atom stereocenters. The second-order valence-corrected chi connectivity index (χ2v) is 15.5. The van der Waals surface area contributed by atoms with Gasteiger partial charge < -0.3 is 4.74 Å². The van der Waals surface area contributed by atoms with E-state index in [1.54, 1.807) is 0 Å². The van der Waals surface area contributed by atoms with Crippen molar-refractivity contribution in [2.45, 2.75) is 5.41 Å². The number of para-hydroxylation sites is 1. The molecule has 0 N–H and O–H groups in total. The summed E-state index contributed by atoms with van der Waals surface area (Å²) in [6, 6.07) is 72.1. The fourth-order valence-electron chi connectivity index (χ4n) is 10.6. The average Bonchev–Trinajstić information content (AvgIpc) is 3.73. The van der Waals surface area contributed by atoms with Gasteiger partial charge in [-0.1, -0.05) is 170 Å². The predicted octanol–water partition coefficient (Wildman–Crippen LogP) is 14.6. The van der Waals surface area contributed by atoms with Crippen molar-refractivity contribution in [2.75, 3.05) is 0 Å². The van der Waals surface area contributed by atoms with Gasteiger partial charge in [-0.25, -0.2) is 0 Å². The van der Waals surface area contributed by atoms with Crippen molar-refractivity contribution in [3.8, 4) is 67.1 Å². The summed E-state index contributed by atoms with van der Waals surface area (Å²) in [7, 11) is 0. The minimum absolute atomic E-state index is 0.463. The molecule has 0 amide bonds. The highest BCUT2D eigenvalue weighted by Gasteiger charge is 2.52. The van der Waals surface area contributed by atoms with Crippen LogP contribution < -0.4 is 4.74 Å². The molecule has 1 heterocycles. The summed E-state index contributed by atoms with van der Waals surface area (Å²) in [6.07, 6.45) is 0. The summed E-state index contributed by atoms with van der Waals surface area (Å²) >= 11 is 0. The molecule has 0 unspecified atom stereocenters. The number of hydrogen-bond donors (Lipinski definition) is 0. The summed E-state index contributed by atoms with van der Waals surface area (Å²) in [5.41, 5.74) is 17.5. The molecule has 3 aliphatic rings. The van der Waals surface area contributed by atoms with Crippen molar-refractivity contribution >= 4 is 32.3 Å². The first-order valence-electron chi connectivity index (χ1n) is 19.5. The van der Waals surface area contributed by atoms with E-state index in [-0.39, 0.29) is 0 Å². The molecule has 2 aliphatic carbocycles. The van der Waals surface area contributed by atoms with Crippen LogP contribution in [0.25, 0.3) is 88.0 Å². The van der Waals surface area contributed by atoms with Crippen molar-refractivity contribution in [1.29, 1.82) is 0 Å². The van der Waals surface area contributed by atoms with Crippen LogP contribution in [0.2, 0.25) is 0 Å². The first kappa shape index (κ1) is 30.1. The number of benzene rings is 10. The molecule has 0 aromatic heterocycles. The van der Waals surface area contributed by atoms with Gasteiger partial charge in [-0.05, 0) is 124 Å². The molecule has 0 saturated carbocycles. The highest BCUT2D eigenvalue weighted by atomic mass is 16.5. The molecule has 258 valence electrons. The van der Waals surface area contributed by atoms with Gasteiger partial charge in [-0.2, -0.15) is 0 Å². The number of hydrogen-bond acceptors (Lipinski definition) is 1. The molecule has 1 nitrogen and oxygen atoms in total. The van der Waals surface area contributed by atoms with Crippen molar-refractivity contribution < 1.29 is 4.74 Å². The van der Waals surface area contributed by atoms with E-state index in [1.165, 1.54) is 105 Å². The third kappa shape index (κ3) is 3.79. The largest absolute Gasteiger partial charge is 0.456 e. The van der Waals surface area contributed by atoms with Crippen LogP contribution in [-0.4, -0.2) is 0 Å². The lowest BCUT2D eigenvalue weighted by Crippen LogP contribution is -2.25. The molecule has 0 fully saturated rings. The Morgan fingerprint density at radius 1 is 0.304 bits per heavy atom. The Bertz CT molecular complexity index is 3300. The van der Waals surface area contributed by atoms with E-state index >= 15 is 0 Å². The summed E-state index contributed by atoms with van der Waals surface area (Å²) in [5.74, 6) is 1.82. The lowest BCUT2D eigenvalue weighted by molar-refractivity contribution is 0.487. The van der Waals surface area contributed by atoms with Crippen molar-refractivity contribution in [3.05, 3.63) is 216 Å². The number of ether oxygens (including phenoxy) is 1. The lowest BCUT2D eigenvalue weighted by Gasteiger charge is -2.31. The maximum absolute atomic E-state index is 6.51. The van der Waals surface area contributed by atoms with Gasteiger partial charge in [0, 0.05) is 10.9 Å². The minimum Gasteiger partial charge on any atom is -0.456 e. The molecular weight excluding hydrogens is 677 g/mol. The van der Waals surface area contributed by atoms with Crippen molar-refractivity contribution in [2.24, 2.45) is 0 Å². The Labute approximate surface area is 324 Å². The molecule has 13 rings (SSSR count). The Kier molecular flexibility index (Phi) is 5.89. The zero-order valence-electron chi connectivity index (χ0n) is 30.4. The van der Waals surface area contributed by atoms with Crippen LogP contribution in [0.4, 0.5) is 0 Å². The maximum atomic E-state index is 6.51. The molecular formula is C55H32O. The SMILES string of the molecule is c1ccc2c(c1)Oc1ccc(-c3ccc4c(c3)C3(c5ccccc5-c5ccccc53)c3ccc5c(-c6ccc7ccccc7c6)cccc5c3-4)c3cccc-2c13. The summed E-state index contributed by atoms with van der Waals surface area (Å²) in [4.78, 5) is 0. The van der Waals surface area contributed by atoms with E-state index in [2.05, 4.69) is 188 Å². The normalized spacial score (nSPS) is 13.6. The maximum Gasteiger partial charge on any atom is 0.135 e. The van der Waals surface area contributed by atoms with E-state index in [9.17, 15) is 0 Å². The predicted molar refractivity (Wildman–Crippen MR) is 232 cm³/mol. The summed E-state index contributed by atoms with van der Waals surface area (Å²) < 4.78 is 6.51. The second-order valence-electron chi connectivity index (χ2n) is 15.5. The molecule has 10 aromatic carbocycles. The van der Waals surface area contributed by atoms with Gasteiger partial charge >= 0.3 is 0 Å². The Morgan fingerprint density at radius 2 is 0.929 bits per heavy atom. The van der Waals surface area contributed by atoms with Crippen LogP contribution in [0.5, 0.6) is 11.5 Å². The van der Waals surface area contributed by atoms with Gasteiger partial charge in [0.15, 0.2) is 0 Å². The smallest absolute Gasteiger partial charge is 0.135 e. The van der Waals surface area contributed by atoms with Crippen LogP contribution in [-0.2, 0) is 5.41 Å². The molecule has 10 aromatic rings. The van der Waals surface area contributed by atoms with Crippen LogP contribution in [0.15, 0.2) is 194 Å². The Hall–Kier alpha value is -7.22. The molecule has 1 heteroatoms. The van der Waals surface area contributed by atoms with Crippen molar-refractivity contribution in [3.63, 3.8) is 0 Å². The first-order chi connectivity index (χ1) is 27.8. The zero-order chi connectivity index (χ0) is 36.5. The van der Waals surface area contributed by atoms with E-state index in [0.717, 1.165) is 17.1 Å². The minimum atomic E-state index is -0.463. The first-order valence-corrected chi connectivity index (χ1v) is 19.5. The Morgan fingerprint density at radius 3 is 1.77 bits per heavy atom. The topological polar surface area (TPSA) is 9.23 Å². The number of fused-ring (bicyclic) bond motifs is 15. The zero-order valence-corrected chi connectivity index (χ0v) is 30.4. The molecule has 56 heavy (non-hydrogen) atoms. The standard InChI is InChI=1S/C55H32O/c1-2-12-34-31-35(24-23-33(34)11-1)37-16-9-18-44-39(37)27-29-49-53(44)46-26-25-36(32-50(46)55(49)47-20-6-3-13-40(47)41-14-4-7-21-48(41)55)38-28-30-52-54-43(38)17-10-19-45(54)42-15-5-8-22-51(42)56-52/h1-32H. The highest BCUT2D eigenvalue weighted by molar-refractivity contribution is 6.13. The van der Waals surface area contributed by atoms with Gasteiger partial charge in [-0.3, -0.25) is 0 Å². The number of rotatable bonds is 2. The third-order valence-corrected chi connectivity index (χ3v) is 12.9. The Balaban J connectivity index is 1.10. The summed E-state index contributed by atoms with van der Waals surface area (Å²) in [6.45, 7) is 0. The monoisotopic (exact) mass is 708 g/mol. The molecule has 1 aliphatic heterocycles. The van der Waals surface area contributed by atoms with E-state index < -0.39 is 5.41 Å². The lowest BCUT2D eigenvalue weighted by atomic mass is 9.70. The van der Waals surface area contributed by atoms with Crippen molar-refractivity contribution in [1.82, 2.24) is 0 Å². The van der Waals surface area contributed by atoms with E-state index in [1.807, 2.05) is 6.07 Å². The highest BCUT2D eigenvalue weighted by Crippen LogP contribution is 2.64. The fraction of sp³-hybridized carbons (Fsp3) is 0.0182.